The lowest BCUT2D eigenvalue weighted by molar-refractivity contribution is -0.143. The number of carboxylic acids is 1. The summed E-state index contributed by atoms with van der Waals surface area (Å²) in [5, 5.41) is 18.4. The molecule has 0 aromatic carbocycles. The zero-order valence-corrected chi connectivity index (χ0v) is 9.42. The van der Waals surface area contributed by atoms with Gasteiger partial charge in [0.05, 0.1) is 6.54 Å². The van der Waals surface area contributed by atoms with E-state index in [2.05, 4.69) is 20.3 Å². The highest BCUT2D eigenvalue weighted by atomic mass is 16.5. The van der Waals surface area contributed by atoms with Crippen LogP contribution in [0.1, 0.15) is 12.7 Å². The fraction of sp³-hybridized carbons (Fsp3) is 0.556. The van der Waals surface area contributed by atoms with E-state index in [0.29, 0.717) is 12.4 Å². The predicted molar refractivity (Wildman–Crippen MR) is 56.0 cm³/mol. The number of carbonyl (C=O) groups is 2. The number of amides is 1. The minimum atomic E-state index is -1.11. The van der Waals surface area contributed by atoms with Gasteiger partial charge in [0.2, 0.25) is 5.91 Å². The van der Waals surface area contributed by atoms with Crippen molar-refractivity contribution in [3.63, 3.8) is 0 Å². The molecular weight excluding hydrogens is 228 g/mol. The second kappa shape index (κ2) is 6.59. The number of hydrogen-bond acceptors (Lipinski definition) is 5. The average Bonchev–Trinajstić information content (AvgIpc) is 2.73. The number of nitrogens with zero attached hydrogens (tertiary/aromatic N) is 3. The second-order valence-electron chi connectivity index (χ2n) is 3.20. The maximum atomic E-state index is 11.2. The highest BCUT2D eigenvalue weighted by Gasteiger charge is 2.06. The SMILES string of the molecule is CCn1cnnc1CNC(=O)COCC(=O)O. The number of carboxylic acid groups (broad SMARTS) is 1. The highest BCUT2D eigenvalue weighted by Crippen LogP contribution is 1.93. The van der Waals surface area contributed by atoms with Gasteiger partial charge in [-0.05, 0) is 6.92 Å². The molecular formula is C9H14N4O4. The van der Waals surface area contributed by atoms with Gasteiger partial charge in [0.15, 0.2) is 5.82 Å². The normalized spacial score (nSPS) is 10.2. The molecule has 0 aliphatic rings. The Bertz CT molecular complexity index is 390. The van der Waals surface area contributed by atoms with Crippen LogP contribution in [-0.2, 0) is 27.4 Å². The molecule has 0 saturated heterocycles. The lowest BCUT2D eigenvalue weighted by Crippen LogP contribution is -2.29. The third kappa shape index (κ3) is 4.60. The van der Waals surface area contributed by atoms with E-state index in [9.17, 15) is 9.59 Å². The summed E-state index contributed by atoms with van der Waals surface area (Å²) in [6.45, 7) is 2.12. The first-order chi connectivity index (χ1) is 8.13. The average molecular weight is 242 g/mol. The molecule has 0 aliphatic heterocycles. The Balaban J connectivity index is 2.26. The van der Waals surface area contributed by atoms with Gasteiger partial charge in [-0.3, -0.25) is 4.79 Å². The van der Waals surface area contributed by atoms with Crippen LogP contribution in [0.4, 0.5) is 0 Å². The Morgan fingerprint density at radius 3 is 2.94 bits per heavy atom. The first-order valence-corrected chi connectivity index (χ1v) is 5.06. The minimum Gasteiger partial charge on any atom is -0.480 e. The van der Waals surface area contributed by atoms with E-state index in [1.807, 2.05) is 6.92 Å². The smallest absolute Gasteiger partial charge is 0.329 e. The van der Waals surface area contributed by atoms with Crippen molar-refractivity contribution in [2.24, 2.45) is 0 Å². The molecule has 1 aromatic rings. The largest absolute Gasteiger partial charge is 0.480 e. The van der Waals surface area contributed by atoms with Crippen LogP contribution >= 0.6 is 0 Å². The topological polar surface area (TPSA) is 106 Å². The van der Waals surface area contributed by atoms with Gasteiger partial charge >= 0.3 is 5.97 Å². The minimum absolute atomic E-state index is 0.239. The number of aryl methyl sites for hydroxylation is 1. The lowest BCUT2D eigenvalue weighted by atomic mass is 10.5. The second-order valence-corrected chi connectivity index (χ2v) is 3.20. The summed E-state index contributed by atoms with van der Waals surface area (Å²) in [7, 11) is 0. The molecule has 8 heteroatoms. The molecule has 1 aromatic heterocycles. The van der Waals surface area contributed by atoms with E-state index in [4.69, 9.17) is 5.11 Å². The zero-order chi connectivity index (χ0) is 12.7. The van der Waals surface area contributed by atoms with Gasteiger partial charge in [0.1, 0.15) is 19.5 Å². The quantitative estimate of drug-likeness (QED) is 0.636. The Labute approximate surface area is 97.6 Å². The molecule has 1 amide bonds. The summed E-state index contributed by atoms with van der Waals surface area (Å²) in [6.07, 6.45) is 1.57. The lowest BCUT2D eigenvalue weighted by Gasteiger charge is -2.05. The van der Waals surface area contributed by atoms with E-state index in [0.717, 1.165) is 0 Å². The summed E-state index contributed by atoms with van der Waals surface area (Å²) in [5.74, 6) is -0.862. The number of ether oxygens (including phenoxy) is 1. The third-order valence-electron chi connectivity index (χ3n) is 1.94. The van der Waals surface area contributed by atoms with Gasteiger partial charge in [0.25, 0.3) is 0 Å². The number of aliphatic carboxylic acids is 1. The van der Waals surface area contributed by atoms with Crippen molar-refractivity contribution >= 4 is 11.9 Å². The van der Waals surface area contributed by atoms with Crippen LogP contribution in [0.5, 0.6) is 0 Å². The van der Waals surface area contributed by atoms with Crippen molar-refractivity contribution in [3.8, 4) is 0 Å². The van der Waals surface area contributed by atoms with E-state index < -0.39 is 18.5 Å². The van der Waals surface area contributed by atoms with Crippen LogP contribution in [0, 0.1) is 0 Å². The number of aromatic nitrogens is 3. The van der Waals surface area contributed by atoms with Crippen molar-refractivity contribution in [2.75, 3.05) is 13.2 Å². The molecule has 2 N–H and O–H groups in total. The summed E-state index contributed by atoms with van der Waals surface area (Å²) < 4.78 is 6.42. The van der Waals surface area contributed by atoms with Gasteiger partial charge in [-0.2, -0.15) is 0 Å². The van der Waals surface area contributed by atoms with Gasteiger partial charge in [-0.25, -0.2) is 4.79 Å². The summed E-state index contributed by atoms with van der Waals surface area (Å²) >= 11 is 0. The Morgan fingerprint density at radius 1 is 1.53 bits per heavy atom. The standard InChI is InChI=1S/C9H14N4O4/c1-2-13-6-11-12-7(13)3-10-8(14)4-17-5-9(15)16/h6H,2-5H2,1H3,(H,10,14)(H,15,16). The molecule has 0 spiro atoms. The van der Waals surface area contributed by atoms with Crippen molar-refractivity contribution in [3.05, 3.63) is 12.2 Å². The Hall–Kier alpha value is -1.96. The number of nitrogens with one attached hydrogen (secondary N) is 1. The summed E-state index contributed by atoms with van der Waals surface area (Å²) in [4.78, 5) is 21.4. The van der Waals surface area contributed by atoms with Crippen LogP contribution < -0.4 is 5.32 Å². The zero-order valence-electron chi connectivity index (χ0n) is 9.42. The fourth-order valence-electron chi connectivity index (χ4n) is 1.14. The van der Waals surface area contributed by atoms with Gasteiger partial charge < -0.3 is 19.7 Å². The van der Waals surface area contributed by atoms with Crippen molar-refractivity contribution in [2.45, 2.75) is 20.0 Å². The Morgan fingerprint density at radius 2 is 2.29 bits per heavy atom. The van der Waals surface area contributed by atoms with E-state index in [1.165, 1.54) is 0 Å². The molecule has 0 fully saturated rings. The van der Waals surface area contributed by atoms with E-state index >= 15 is 0 Å². The van der Waals surface area contributed by atoms with Crippen molar-refractivity contribution in [1.82, 2.24) is 20.1 Å². The maximum absolute atomic E-state index is 11.2. The molecule has 0 radical (unpaired) electrons. The van der Waals surface area contributed by atoms with Crippen LogP contribution in [0.25, 0.3) is 0 Å². The van der Waals surface area contributed by atoms with Crippen LogP contribution in [0.3, 0.4) is 0 Å². The van der Waals surface area contributed by atoms with Gasteiger partial charge in [-0.1, -0.05) is 0 Å². The number of hydrogen-bond donors (Lipinski definition) is 2. The molecule has 0 bridgehead atoms. The van der Waals surface area contributed by atoms with Crippen molar-refractivity contribution in [1.29, 1.82) is 0 Å². The molecule has 0 saturated carbocycles. The molecule has 0 unspecified atom stereocenters. The van der Waals surface area contributed by atoms with E-state index in [1.54, 1.807) is 10.9 Å². The molecule has 0 aliphatic carbocycles. The molecule has 0 atom stereocenters. The Kier molecular flexibility index (Phi) is 5.08. The van der Waals surface area contributed by atoms with E-state index in [-0.39, 0.29) is 13.2 Å². The maximum Gasteiger partial charge on any atom is 0.329 e. The molecule has 1 rings (SSSR count). The number of carbonyl (C=O) groups excluding carboxylic acids is 1. The first kappa shape index (κ1) is 13.1. The molecule has 8 nitrogen and oxygen atoms in total. The molecule has 17 heavy (non-hydrogen) atoms. The van der Waals surface area contributed by atoms with Gasteiger partial charge in [-0.15, -0.1) is 10.2 Å². The van der Waals surface area contributed by atoms with Crippen LogP contribution in [-0.4, -0.2) is 45.0 Å². The third-order valence-corrected chi connectivity index (χ3v) is 1.94. The highest BCUT2D eigenvalue weighted by molar-refractivity contribution is 5.77. The fourth-order valence-corrected chi connectivity index (χ4v) is 1.14. The monoisotopic (exact) mass is 242 g/mol. The van der Waals surface area contributed by atoms with Crippen molar-refractivity contribution < 1.29 is 19.4 Å². The summed E-state index contributed by atoms with van der Waals surface area (Å²) in [6, 6.07) is 0. The van der Waals surface area contributed by atoms with Crippen LogP contribution in [0.15, 0.2) is 6.33 Å². The van der Waals surface area contributed by atoms with Crippen LogP contribution in [0.2, 0.25) is 0 Å². The molecule has 1 heterocycles. The number of rotatable bonds is 7. The summed E-state index contributed by atoms with van der Waals surface area (Å²) in [5.41, 5.74) is 0. The molecule has 94 valence electrons. The first-order valence-electron chi connectivity index (χ1n) is 5.06. The predicted octanol–water partition coefficient (Wildman–Crippen LogP) is -0.985. The van der Waals surface area contributed by atoms with Gasteiger partial charge in [0, 0.05) is 6.54 Å².